The molecule has 1 saturated heterocycles. The van der Waals surface area contributed by atoms with E-state index in [1.807, 2.05) is 26.0 Å². The molecule has 1 unspecified atom stereocenters. The highest BCUT2D eigenvalue weighted by Crippen LogP contribution is 2.35. The van der Waals surface area contributed by atoms with Gasteiger partial charge in [0, 0.05) is 50.0 Å². The molecule has 1 atom stereocenters. The first-order valence-electron chi connectivity index (χ1n) is 15.3. The van der Waals surface area contributed by atoms with Gasteiger partial charge in [-0.3, -0.25) is 14.5 Å². The largest absolute Gasteiger partial charge is 0.379 e. The van der Waals surface area contributed by atoms with E-state index in [4.69, 9.17) is 4.74 Å². The Kier molecular flexibility index (Phi) is 9.41. The van der Waals surface area contributed by atoms with Crippen LogP contribution in [0.2, 0.25) is 0 Å². The van der Waals surface area contributed by atoms with E-state index in [9.17, 15) is 9.59 Å². The fourth-order valence-electron chi connectivity index (χ4n) is 6.66. The molecule has 2 fully saturated rings. The summed E-state index contributed by atoms with van der Waals surface area (Å²) in [4.78, 5) is 31.3. The number of anilines is 1. The van der Waals surface area contributed by atoms with Crippen LogP contribution in [0.5, 0.6) is 0 Å². The molecule has 1 heterocycles. The predicted octanol–water partition coefficient (Wildman–Crippen LogP) is 6.08. The monoisotopic (exact) mass is 555 g/mol. The van der Waals surface area contributed by atoms with Crippen LogP contribution < -0.4 is 10.2 Å². The maximum Gasteiger partial charge on any atom is 0.251 e. The third kappa shape index (κ3) is 6.82. The SMILES string of the molecule is CCN(c1cc(-c2ccc(CN3CCOCC3)cc2)cc(C(=O)NCC2C(=O)C=C(C)C=C2C)c1C)C1CCCC1. The average Bonchev–Trinajstić information content (AvgIpc) is 3.49. The van der Waals surface area contributed by atoms with Crippen molar-refractivity contribution >= 4 is 17.4 Å². The number of ether oxygens (including phenoxy) is 1. The highest BCUT2D eigenvalue weighted by atomic mass is 16.5. The van der Waals surface area contributed by atoms with Gasteiger partial charge in [-0.25, -0.2) is 0 Å². The molecular formula is C35H45N3O3. The summed E-state index contributed by atoms with van der Waals surface area (Å²) in [5.74, 6) is -0.372. The van der Waals surface area contributed by atoms with Gasteiger partial charge >= 0.3 is 0 Å². The third-order valence-electron chi connectivity index (χ3n) is 9.02. The molecule has 0 spiro atoms. The van der Waals surface area contributed by atoms with Crippen molar-refractivity contribution in [1.29, 1.82) is 0 Å². The van der Waals surface area contributed by atoms with Gasteiger partial charge in [0.2, 0.25) is 0 Å². The maximum atomic E-state index is 13.7. The van der Waals surface area contributed by atoms with Crippen LogP contribution in [0.25, 0.3) is 11.1 Å². The summed E-state index contributed by atoms with van der Waals surface area (Å²) in [6.07, 6.45) is 8.61. The Morgan fingerprint density at radius 2 is 1.71 bits per heavy atom. The van der Waals surface area contributed by atoms with Gasteiger partial charge in [-0.1, -0.05) is 48.8 Å². The lowest BCUT2D eigenvalue weighted by Crippen LogP contribution is -2.36. The summed E-state index contributed by atoms with van der Waals surface area (Å²) < 4.78 is 5.50. The number of benzene rings is 2. The highest BCUT2D eigenvalue weighted by Gasteiger charge is 2.27. The van der Waals surface area contributed by atoms with Crippen molar-refractivity contribution in [1.82, 2.24) is 10.2 Å². The first kappa shape index (κ1) is 29.3. The van der Waals surface area contributed by atoms with E-state index in [2.05, 4.69) is 59.3 Å². The topological polar surface area (TPSA) is 61.9 Å². The van der Waals surface area contributed by atoms with Gasteiger partial charge in [0.1, 0.15) is 0 Å². The Labute approximate surface area is 245 Å². The Balaban J connectivity index is 1.43. The standard InChI is InChI=1S/C35H45N3O3/c1-5-38(30-8-6-7-9-30)33-21-29(28-12-10-27(11-13-28)23-37-14-16-41-17-15-37)20-31(26(33)4)35(40)36-22-32-25(3)18-24(2)19-34(32)39/h10-13,18-21,30,32H,5-9,14-17,22-23H2,1-4H3,(H,36,40). The van der Waals surface area contributed by atoms with Gasteiger partial charge in [0.15, 0.2) is 5.78 Å². The van der Waals surface area contributed by atoms with E-state index in [0.29, 0.717) is 18.2 Å². The number of nitrogens with zero attached hydrogens (tertiary/aromatic N) is 2. The van der Waals surface area contributed by atoms with Gasteiger partial charge in [-0.2, -0.15) is 0 Å². The molecule has 6 nitrogen and oxygen atoms in total. The molecule has 0 bridgehead atoms. The summed E-state index contributed by atoms with van der Waals surface area (Å²) >= 11 is 0. The molecule has 1 amide bonds. The average molecular weight is 556 g/mol. The van der Waals surface area contributed by atoms with Crippen LogP contribution in [0.4, 0.5) is 5.69 Å². The lowest BCUT2D eigenvalue weighted by Gasteiger charge is -2.32. The zero-order chi connectivity index (χ0) is 28.9. The van der Waals surface area contributed by atoms with Gasteiger partial charge in [-0.05, 0) is 86.6 Å². The molecule has 3 aliphatic rings. The second-order valence-electron chi connectivity index (χ2n) is 11.9. The molecule has 2 aliphatic carbocycles. The predicted molar refractivity (Wildman–Crippen MR) is 166 cm³/mol. The molecule has 2 aromatic carbocycles. The van der Waals surface area contributed by atoms with E-state index < -0.39 is 0 Å². The molecular weight excluding hydrogens is 510 g/mol. The summed E-state index contributed by atoms with van der Waals surface area (Å²) in [7, 11) is 0. The number of allylic oxidation sites excluding steroid dienone is 3. The number of morpholine rings is 1. The van der Waals surface area contributed by atoms with Crippen molar-refractivity contribution in [3.8, 4) is 11.1 Å². The van der Waals surface area contributed by atoms with Crippen molar-refractivity contribution in [2.24, 2.45) is 5.92 Å². The van der Waals surface area contributed by atoms with Crippen molar-refractivity contribution < 1.29 is 14.3 Å². The van der Waals surface area contributed by atoms with Crippen LogP contribution in [-0.4, -0.2) is 62.0 Å². The van der Waals surface area contributed by atoms with E-state index in [-0.39, 0.29) is 17.6 Å². The highest BCUT2D eigenvalue weighted by molar-refractivity contribution is 6.00. The summed E-state index contributed by atoms with van der Waals surface area (Å²) in [6, 6.07) is 13.6. The molecule has 0 aromatic heterocycles. The van der Waals surface area contributed by atoms with Crippen LogP contribution in [0.1, 0.15) is 67.9 Å². The fourth-order valence-corrected chi connectivity index (χ4v) is 6.66. The van der Waals surface area contributed by atoms with Crippen LogP contribution in [-0.2, 0) is 16.1 Å². The lowest BCUT2D eigenvalue weighted by atomic mass is 9.88. The van der Waals surface area contributed by atoms with Gasteiger partial charge in [0.05, 0.1) is 19.1 Å². The number of hydrogen-bond acceptors (Lipinski definition) is 5. The first-order chi connectivity index (χ1) is 19.8. The third-order valence-corrected chi connectivity index (χ3v) is 9.02. The molecule has 0 radical (unpaired) electrons. The van der Waals surface area contributed by atoms with Gasteiger partial charge in [-0.15, -0.1) is 0 Å². The summed E-state index contributed by atoms with van der Waals surface area (Å²) in [6.45, 7) is 13.8. The van der Waals surface area contributed by atoms with Crippen molar-refractivity contribution in [2.75, 3.05) is 44.3 Å². The van der Waals surface area contributed by atoms with Crippen LogP contribution in [0.15, 0.2) is 59.7 Å². The number of nitrogens with one attached hydrogen (secondary N) is 1. The lowest BCUT2D eigenvalue weighted by molar-refractivity contribution is -0.117. The molecule has 218 valence electrons. The fraction of sp³-hybridized carbons (Fsp3) is 0.486. The number of amides is 1. The molecule has 1 N–H and O–H groups in total. The quantitative estimate of drug-likeness (QED) is 0.406. The Hall–Kier alpha value is -3.22. The minimum atomic E-state index is -0.310. The molecule has 6 heteroatoms. The number of carbonyl (C=O) groups excluding carboxylic acids is 2. The first-order valence-corrected chi connectivity index (χ1v) is 15.3. The zero-order valence-electron chi connectivity index (χ0n) is 25.2. The van der Waals surface area contributed by atoms with E-state index in [1.165, 1.54) is 31.2 Å². The Bertz CT molecular complexity index is 1310. The smallest absolute Gasteiger partial charge is 0.251 e. The van der Waals surface area contributed by atoms with Crippen LogP contribution in [0, 0.1) is 12.8 Å². The number of carbonyl (C=O) groups is 2. The second-order valence-corrected chi connectivity index (χ2v) is 11.9. The minimum Gasteiger partial charge on any atom is -0.379 e. The van der Waals surface area contributed by atoms with Crippen molar-refractivity contribution in [2.45, 2.75) is 66.0 Å². The molecule has 1 saturated carbocycles. The van der Waals surface area contributed by atoms with Crippen molar-refractivity contribution in [3.63, 3.8) is 0 Å². The van der Waals surface area contributed by atoms with Crippen LogP contribution >= 0.6 is 0 Å². The normalized spacial score (nSPS) is 20.1. The summed E-state index contributed by atoms with van der Waals surface area (Å²) in [5, 5.41) is 3.11. The van der Waals surface area contributed by atoms with E-state index in [1.54, 1.807) is 6.08 Å². The van der Waals surface area contributed by atoms with Gasteiger partial charge in [0.25, 0.3) is 5.91 Å². The second kappa shape index (κ2) is 13.2. The van der Waals surface area contributed by atoms with E-state index in [0.717, 1.165) is 72.9 Å². The van der Waals surface area contributed by atoms with E-state index >= 15 is 0 Å². The Morgan fingerprint density at radius 1 is 1.00 bits per heavy atom. The molecule has 5 rings (SSSR count). The molecule has 1 aliphatic heterocycles. The maximum absolute atomic E-state index is 13.7. The Morgan fingerprint density at radius 3 is 2.37 bits per heavy atom. The summed E-state index contributed by atoms with van der Waals surface area (Å²) in [5.41, 5.74) is 8.23. The number of rotatable bonds is 9. The number of hydrogen-bond donors (Lipinski definition) is 1. The van der Waals surface area contributed by atoms with Crippen LogP contribution in [0.3, 0.4) is 0 Å². The zero-order valence-corrected chi connectivity index (χ0v) is 25.2. The van der Waals surface area contributed by atoms with Gasteiger partial charge < -0.3 is 15.0 Å². The minimum absolute atomic E-state index is 0.0597. The molecule has 2 aromatic rings. The number of ketones is 1. The van der Waals surface area contributed by atoms with Crippen molar-refractivity contribution in [3.05, 3.63) is 76.4 Å². The molecule has 41 heavy (non-hydrogen) atoms.